The summed E-state index contributed by atoms with van der Waals surface area (Å²) in [6.07, 6.45) is 5.28. The van der Waals surface area contributed by atoms with E-state index in [2.05, 4.69) is 33.2 Å². The number of hydrogen-bond donors (Lipinski definition) is 0. The minimum absolute atomic E-state index is 0.704. The van der Waals surface area contributed by atoms with Gasteiger partial charge in [-0.3, -0.25) is 0 Å². The molecule has 0 aliphatic carbocycles. The lowest BCUT2D eigenvalue weighted by Crippen LogP contribution is -1.95. The van der Waals surface area contributed by atoms with Crippen LogP contribution in [0.5, 0.6) is 0 Å². The number of hydrogen-bond acceptors (Lipinski definition) is 6. The van der Waals surface area contributed by atoms with Gasteiger partial charge >= 0.3 is 0 Å². The van der Waals surface area contributed by atoms with Crippen molar-refractivity contribution in [2.75, 3.05) is 0 Å². The van der Waals surface area contributed by atoms with Crippen LogP contribution in [0.15, 0.2) is 73.2 Å². The minimum atomic E-state index is 0.704. The van der Waals surface area contributed by atoms with Gasteiger partial charge in [0.1, 0.15) is 0 Å². The summed E-state index contributed by atoms with van der Waals surface area (Å²) < 4.78 is 0. The van der Waals surface area contributed by atoms with E-state index >= 15 is 0 Å². The zero-order chi connectivity index (χ0) is 19.7. The average molecular weight is 384 g/mol. The van der Waals surface area contributed by atoms with Crippen LogP contribution in [0.3, 0.4) is 0 Å². The Labute approximate surface area is 169 Å². The molecular formula is C24H12N6. The molecule has 0 N–H and O–H groups in total. The van der Waals surface area contributed by atoms with E-state index in [-0.39, 0.29) is 0 Å². The zero-order valence-corrected chi connectivity index (χ0v) is 15.6. The predicted octanol–water partition coefficient (Wildman–Crippen LogP) is 4.98. The molecule has 7 rings (SSSR count). The number of benzene rings is 1. The van der Waals surface area contributed by atoms with E-state index in [0.717, 1.165) is 48.9 Å². The second kappa shape index (κ2) is 5.61. The summed E-state index contributed by atoms with van der Waals surface area (Å²) >= 11 is 0. The molecule has 0 unspecified atom stereocenters. The van der Waals surface area contributed by atoms with Gasteiger partial charge in [0, 0.05) is 50.9 Å². The summed E-state index contributed by atoms with van der Waals surface area (Å²) in [6, 6.07) is 18.2. The molecule has 6 aromatic heterocycles. The Morgan fingerprint density at radius 1 is 0.433 bits per heavy atom. The summed E-state index contributed by atoms with van der Waals surface area (Å²) in [7, 11) is 0. The molecule has 0 saturated heterocycles. The van der Waals surface area contributed by atoms with Crippen molar-refractivity contribution in [1.29, 1.82) is 0 Å². The number of nitrogens with zero attached hydrogens (tertiary/aromatic N) is 6. The topological polar surface area (TPSA) is 77.3 Å². The van der Waals surface area contributed by atoms with Crippen molar-refractivity contribution < 1.29 is 0 Å². The lowest BCUT2D eigenvalue weighted by atomic mass is 10.0. The molecule has 0 atom stereocenters. The molecule has 0 fully saturated rings. The Kier molecular flexibility index (Phi) is 2.91. The molecular weight excluding hydrogens is 372 g/mol. The van der Waals surface area contributed by atoms with Gasteiger partial charge in [-0.1, -0.05) is 0 Å². The quantitative estimate of drug-likeness (QED) is 0.271. The highest BCUT2D eigenvalue weighted by Crippen LogP contribution is 2.36. The van der Waals surface area contributed by atoms with Gasteiger partial charge in [-0.15, -0.1) is 0 Å². The first kappa shape index (κ1) is 15.6. The van der Waals surface area contributed by atoms with Gasteiger partial charge in [0.05, 0.1) is 16.6 Å². The summed E-state index contributed by atoms with van der Waals surface area (Å²) in [6.45, 7) is 0. The van der Waals surface area contributed by atoms with E-state index < -0.39 is 0 Å². The first-order valence-corrected chi connectivity index (χ1v) is 9.64. The predicted molar refractivity (Wildman–Crippen MR) is 118 cm³/mol. The highest BCUT2D eigenvalue weighted by molar-refractivity contribution is 6.25. The van der Waals surface area contributed by atoms with Crippen molar-refractivity contribution in [2.24, 2.45) is 0 Å². The first-order valence-electron chi connectivity index (χ1n) is 9.64. The van der Waals surface area contributed by atoms with Crippen LogP contribution < -0.4 is 0 Å². The Bertz CT molecular complexity index is 1440. The smallest absolute Gasteiger partial charge is 0.159 e. The fourth-order valence-corrected chi connectivity index (χ4v) is 4.17. The molecule has 6 heteroatoms. The molecule has 1 aromatic carbocycles. The Morgan fingerprint density at radius 2 is 0.767 bits per heavy atom. The SMILES string of the molecule is c1cnc2nc3c4cc5cccnc5nc4c4cc5cccnc5nc4c3cc2c1. The van der Waals surface area contributed by atoms with Crippen molar-refractivity contribution >= 4 is 65.8 Å². The van der Waals surface area contributed by atoms with E-state index in [9.17, 15) is 0 Å². The van der Waals surface area contributed by atoms with Crippen molar-refractivity contribution in [1.82, 2.24) is 29.9 Å². The van der Waals surface area contributed by atoms with E-state index in [1.807, 2.05) is 36.4 Å². The third-order valence-corrected chi connectivity index (χ3v) is 5.53. The number of fused-ring (bicyclic) bond motifs is 9. The monoisotopic (exact) mass is 384 g/mol. The van der Waals surface area contributed by atoms with E-state index in [4.69, 9.17) is 15.0 Å². The van der Waals surface area contributed by atoms with Crippen LogP contribution >= 0.6 is 0 Å². The van der Waals surface area contributed by atoms with Crippen LogP contribution in [0.2, 0.25) is 0 Å². The van der Waals surface area contributed by atoms with Gasteiger partial charge in [-0.2, -0.15) is 0 Å². The van der Waals surface area contributed by atoms with E-state index in [1.165, 1.54) is 0 Å². The molecule has 0 spiro atoms. The second-order valence-electron chi connectivity index (χ2n) is 7.30. The third-order valence-electron chi connectivity index (χ3n) is 5.53. The molecule has 0 radical (unpaired) electrons. The van der Waals surface area contributed by atoms with Gasteiger partial charge in [0.25, 0.3) is 0 Å². The fourth-order valence-electron chi connectivity index (χ4n) is 4.17. The fraction of sp³-hybridized carbons (Fsp3) is 0. The summed E-state index contributed by atoms with van der Waals surface area (Å²) in [5.74, 6) is 0. The molecule has 6 nitrogen and oxygen atoms in total. The molecule has 0 aliphatic rings. The maximum absolute atomic E-state index is 4.91. The normalized spacial score (nSPS) is 12.0. The van der Waals surface area contributed by atoms with Crippen molar-refractivity contribution in [3.8, 4) is 0 Å². The van der Waals surface area contributed by atoms with Crippen LogP contribution in [0.25, 0.3) is 65.8 Å². The molecule has 30 heavy (non-hydrogen) atoms. The Balaban J connectivity index is 1.82. The molecule has 0 saturated carbocycles. The Morgan fingerprint density at radius 3 is 1.10 bits per heavy atom. The minimum Gasteiger partial charge on any atom is -0.237 e. The maximum atomic E-state index is 4.91. The van der Waals surface area contributed by atoms with Crippen LogP contribution in [-0.4, -0.2) is 29.9 Å². The summed E-state index contributed by atoms with van der Waals surface area (Å²) in [5.41, 5.74) is 4.63. The van der Waals surface area contributed by atoms with Gasteiger partial charge in [-0.25, -0.2) is 29.9 Å². The van der Waals surface area contributed by atoms with Crippen LogP contribution in [0.4, 0.5) is 0 Å². The first-order chi connectivity index (χ1) is 14.8. The lowest BCUT2D eigenvalue weighted by Gasteiger charge is -2.11. The highest BCUT2D eigenvalue weighted by Gasteiger charge is 2.16. The number of pyridine rings is 6. The van der Waals surface area contributed by atoms with E-state index in [1.54, 1.807) is 18.6 Å². The van der Waals surface area contributed by atoms with Crippen LogP contribution in [0.1, 0.15) is 0 Å². The van der Waals surface area contributed by atoms with Gasteiger partial charge in [0.2, 0.25) is 0 Å². The van der Waals surface area contributed by atoms with Gasteiger partial charge < -0.3 is 0 Å². The molecule has 7 aromatic rings. The maximum Gasteiger partial charge on any atom is 0.159 e. The van der Waals surface area contributed by atoms with Gasteiger partial charge in [-0.05, 0) is 54.6 Å². The molecule has 6 heterocycles. The lowest BCUT2D eigenvalue weighted by molar-refractivity contribution is 1.31. The van der Waals surface area contributed by atoms with Crippen molar-refractivity contribution in [3.05, 3.63) is 73.2 Å². The average Bonchev–Trinajstić information content (AvgIpc) is 2.81. The number of rotatable bonds is 0. The van der Waals surface area contributed by atoms with Crippen LogP contribution in [0, 0.1) is 0 Å². The van der Waals surface area contributed by atoms with Crippen molar-refractivity contribution in [3.63, 3.8) is 0 Å². The van der Waals surface area contributed by atoms with Crippen LogP contribution in [-0.2, 0) is 0 Å². The standard InChI is InChI=1S/C24H12N6/c1-4-13-10-16-19(28-22(13)25-7-1)17-11-14-5-2-9-27-24(14)30-21(17)18-12-15-6-3-8-26-23(15)29-20(16)18/h1-12H. The summed E-state index contributed by atoms with van der Waals surface area (Å²) in [5, 5.41) is 5.83. The highest BCUT2D eigenvalue weighted by atomic mass is 14.9. The number of aromatic nitrogens is 6. The zero-order valence-electron chi connectivity index (χ0n) is 15.6. The van der Waals surface area contributed by atoms with Crippen molar-refractivity contribution in [2.45, 2.75) is 0 Å². The molecule has 0 bridgehead atoms. The summed E-state index contributed by atoms with van der Waals surface area (Å²) in [4.78, 5) is 28.1. The largest absolute Gasteiger partial charge is 0.237 e. The second-order valence-corrected chi connectivity index (χ2v) is 7.30. The van der Waals surface area contributed by atoms with E-state index in [0.29, 0.717) is 16.9 Å². The Hall–Kier alpha value is -4.32. The third kappa shape index (κ3) is 2.07. The molecule has 138 valence electrons. The molecule has 0 aliphatic heterocycles. The molecule has 0 amide bonds. The van der Waals surface area contributed by atoms with Gasteiger partial charge in [0.15, 0.2) is 16.9 Å².